The molecule has 0 nitrogen and oxygen atoms in total. The number of hydrogen-bond acceptors (Lipinski definition) is 0. The molecule has 1 radical (unpaired) electrons. The van der Waals surface area contributed by atoms with Crippen molar-refractivity contribution in [3.63, 3.8) is 0 Å². The van der Waals surface area contributed by atoms with E-state index >= 15 is 0 Å². The number of rotatable bonds is 0. The van der Waals surface area contributed by atoms with Crippen LogP contribution in [-0.4, -0.2) is 16.0 Å². The minimum atomic E-state index is 0.338. The van der Waals surface area contributed by atoms with Gasteiger partial charge in [-0.1, -0.05) is 0 Å². The van der Waals surface area contributed by atoms with Crippen LogP contribution in [0.1, 0.15) is 52.9 Å². The SMILES string of the molecule is CC(C)(C)C([Se])=C1C2CC3CC(C2)CC1C3. The molecule has 0 aromatic heterocycles. The summed E-state index contributed by atoms with van der Waals surface area (Å²) >= 11 is 3.42. The molecule has 4 bridgehead atoms. The predicted molar refractivity (Wildman–Crippen MR) is 69.3 cm³/mol. The van der Waals surface area contributed by atoms with Gasteiger partial charge in [-0.3, -0.25) is 0 Å². The monoisotopic (exact) mass is 283 g/mol. The summed E-state index contributed by atoms with van der Waals surface area (Å²) in [6, 6.07) is 0. The summed E-state index contributed by atoms with van der Waals surface area (Å²) in [7, 11) is 0. The van der Waals surface area contributed by atoms with Crippen LogP contribution in [0.4, 0.5) is 0 Å². The predicted octanol–water partition coefficient (Wildman–Crippen LogP) is 3.91. The van der Waals surface area contributed by atoms with Crippen molar-refractivity contribution in [1.29, 1.82) is 0 Å². The normalized spacial score (nSPS) is 41.6. The average Bonchev–Trinajstić information content (AvgIpc) is 2.13. The Morgan fingerprint density at radius 2 is 1.38 bits per heavy atom. The van der Waals surface area contributed by atoms with Gasteiger partial charge < -0.3 is 0 Å². The molecule has 0 N–H and O–H groups in total. The molecule has 0 amide bonds. The molecule has 0 saturated heterocycles. The molecule has 4 rings (SSSR count). The Labute approximate surface area is 108 Å². The van der Waals surface area contributed by atoms with Gasteiger partial charge in [0.25, 0.3) is 0 Å². The summed E-state index contributed by atoms with van der Waals surface area (Å²) in [6.45, 7) is 7.07. The molecule has 0 heterocycles. The second kappa shape index (κ2) is 3.62. The van der Waals surface area contributed by atoms with Crippen molar-refractivity contribution >= 4 is 16.0 Å². The molecule has 0 atom stereocenters. The molecule has 0 aromatic carbocycles. The Kier molecular flexibility index (Phi) is 2.57. The van der Waals surface area contributed by atoms with E-state index < -0.39 is 0 Å². The van der Waals surface area contributed by atoms with E-state index in [0.717, 1.165) is 23.7 Å². The molecule has 4 saturated carbocycles. The molecule has 0 aromatic rings. The van der Waals surface area contributed by atoms with Crippen molar-refractivity contribution in [2.45, 2.75) is 52.9 Å². The summed E-state index contributed by atoms with van der Waals surface area (Å²) in [5.41, 5.74) is 2.18. The Hall–Kier alpha value is 0.259. The van der Waals surface area contributed by atoms with Crippen LogP contribution in [-0.2, 0) is 0 Å². The fourth-order valence-corrected chi connectivity index (χ4v) is 5.20. The molecule has 89 valence electrons. The minimum absolute atomic E-state index is 0.338. The van der Waals surface area contributed by atoms with Crippen molar-refractivity contribution in [1.82, 2.24) is 0 Å². The first kappa shape index (κ1) is 11.4. The van der Waals surface area contributed by atoms with E-state index in [1.165, 1.54) is 25.7 Å². The van der Waals surface area contributed by atoms with Crippen LogP contribution in [0.15, 0.2) is 10.0 Å². The van der Waals surface area contributed by atoms with Crippen LogP contribution in [0.5, 0.6) is 0 Å². The molecule has 1 heteroatoms. The molecule has 16 heavy (non-hydrogen) atoms. The molecule has 0 aliphatic heterocycles. The van der Waals surface area contributed by atoms with Crippen molar-refractivity contribution < 1.29 is 0 Å². The van der Waals surface area contributed by atoms with Gasteiger partial charge in [0.15, 0.2) is 0 Å². The standard InChI is InChI=1S/C15H23Se/c1-15(2,3)14(16)13-11-5-9-4-10(7-11)8-12(13)6-9/h9-12H,4-8H2,1-3H3. The van der Waals surface area contributed by atoms with E-state index in [2.05, 4.69) is 36.8 Å². The van der Waals surface area contributed by atoms with Crippen molar-refractivity contribution in [3.8, 4) is 0 Å². The fourth-order valence-electron chi connectivity index (χ4n) is 4.50. The first-order valence-corrected chi connectivity index (χ1v) is 7.72. The Bertz CT molecular complexity index is 302. The Morgan fingerprint density at radius 3 is 1.75 bits per heavy atom. The van der Waals surface area contributed by atoms with Gasteiger partial charge in [-0.05, 0) is 0 Å². The summed E-state index contributed by atoms with van der Waals surface area (Å²) in [5, 5.41) is 0. The van der Waals surface area contributed by atoms with Gasteiger partial charge in [0, 0.05) is 0 Å². The van der Waals surface area contributed by atoms with Gasteiger partial charge in [0.05, 0.1) is 0 Å². The molecular weight excluding hydrogens is 259 g/mol. The second-order valence-corrected chi connectivity index (χ2v) is 8.20. The summed E-state index contributed by atoms with van der Waals surface area (Å²) < 4.78 is 1.60. The van der Waals surface area contributed by atoms with Crippen molar-refractivity contribution in [3.05, 3.63) is 10.0 Å². The third-order valence-electron chi connectivity index (χ3n) is 4.96. The van der Waals surface area contributed by atoms with Gasteiger partial charge in [0.2, 0.25) is 0 Å². The maximum atomic E-state index is 3.42. The number of hydrogen-bond donors (Lipinski definition) is 0. The van der Waals surface area contributed by atoms with E-state index in [1.54, 1.807) is 10.9 Å². The first-order chi connectivity index (χ1) is 7.45. The van der Waals surface area contributed by atoms with Gasteiger partial charge in [-0.2, -0.15) is 0 Å². The Balaban J connectivity index is 1.98. The van der Waals surface area contributed by atoms with E-state index in [9.17, 15) is 0 Å². The number of allylic oxidation sites excluding steroid dienone is 2. The topological polar surface area (TPSA) is 0 Å². The van der Waals surface area contributed by atoms with Crippen LogP contribution < -0.4 is 0 Å². The third kappa shape index (κ3) is 1.71. The zero-order valence-corrected chi connectivity index (χ0v) is 12.5. The summed E-state index contributed by atoms with van der Waals surface area (Å²) in [5.74, 6) is 4.07. The van der Waals surface area contributed by atoms with Crippen LogP contribution in [0.2, 0.25) is 0 Å². The van der Waals surface area contributed by atoms with Crippen molar-refractivity contribution in [2.24, 2.45) is 29.1 Å². The average molecular weight is 282 g/mol. The van der Waals surface area contributed by atoms with Gasteiger partial charge >= 0.3 is 108 Å². The van der Waals surface area contributed by atoms with E-state index in [1.807, 2.05) is 5.57 Å². The molecule has 0 spiro atoms. The van der Waals surface area contributed by atoms with Gasteiger partial charge in [-0.25, -0.2) is 0 Å². The van der Waals surface area contributed by atoms with Gasteiger partial charge in [-0.15, -0.1) is 0 Å². The molecule has 0 unspecified atom stereocenters. The van der Waals surface area contributed by atoms with Crippen molar-refractivity contribution in [2.75, 3.05) is 0 Å². The molecule has 4 fully saturated rings. The summed E-state index contributed by atoms with van der Waals surface area (Å²) in [6.07, 6.45) is 7.57. The van der Waals surface area contributed by atoms with Gasteiger partial charge in [0.1, 0.15) is 0 Å². The zero-order valence-electron chi connectivity index (χ0n) is 10.8. The second-order valence-electron chi connectivity index (χ2n) is 7.34. The van der Waals surface area contributed by atoms with Crippen LogP contribution in [0.25, 0.3) is 0 Å². The van der Waals surface area contributed by atoms with E-state index in [-0.39, 0.29) is 0 Å². The van der Waals surface area contributed by atoms with E-state index in [4.69, 9.17) is 0 Å². The summed E-state index contributed by atoms with van der Waals surface area (Å²) in [4.78, 5) is 0. The third-order valence-corrected chi connectivity index (χ3v) is 6.74. The maximum absolute atomic E-state index is 3.42. The molecule has 4 aliphatic rings. The van der Waals surface area contributed by atoms with Crippen LogP contribution >= 0.6 is 0 Å². The first-order valence-electron chi connectivity index (χ1n) is 6.86. The Morgan fingerprint density at radius 1 is 0.938 bits per heavy atom. The van der Waals surface area contributed by atoms with Crippen LogP contribution in [0.3, 0.4) is 0 Å². The zero-order chi connectivity index (χ0) is 11.5. The fraction of sp³-hybridized carbons (Fsp3) is 0.867. The molecule has 4 aliphatic carbocycles. The van der Waals surface area contributed by atoms with Crippen LogP contribution in [0, 0.1) is 29.1 Å². The molecular formula is C15H23Se. The van der Waals surface area contributed by atoms with E-state index in [0.29, 0.717) is 5.41 Å². The quantitative estimate of drug-likeness (QED) is 0.591.